The molecule has 2 rings (SSSR count). The van der Waals surface area contributed by atoms with Crippen molar-refractivity contribution in [1.29, 1.82) is 0 Å². The highest BCUT2D eigenvalue weighted by atomic mass is 32.2. The van der Waals surface area contributed by atoms with Gasteiger partial charge >= 0.3 is 0 Å². The molecule has 0 aliphatic rings. The molecule has 0 aliphatic heterocycles. The molecule has 1 unspecified atom stereocenters. The molecule has 2 N–H and O–H groups in total. The molecular weight excluding hydrogens is 284 g/mol. The molecule has 0 amide bonds. The van der Waals surface area contributed by atoms with Crippen LogP contribution in [0.1, 0.15) is 20.8 Å². The molecule has 1 aromatic heterocycles. The minimum Gasteiger partial charge on any atom is -0.389 e. The Bertz CT molecular complexity index is 590. The summed E-state index contributed by atoms with van der Waals surface area (Å²) in [5.41, 5.74) is -0.589. The highest BCUT2D eigenvalue weighted by molar-refractivity contribution is 7.99. The van der Waals surface area contributed by atoms with Gasteiger partial charge in [0.25, 0.3) is 0 Å². The summed E-state index contributed by atoms with van der Waals surface area (Å²) < 4.78 is 26.3. The number of thioether (sulfide) groups is 1. The SMILES string of the molecule is CC(Sc1n[nH]c(-c2cc(F)cc(F)c2)n1)C(C)(C)O. The molecule has 0 aliphatic carbocycles. The van der Waals surface area contributed by atoms with E-state index in [-0.39, 0.29) is 16.6 Å². The fraction of sp³-hybridized carbons (Fsp3) is 0.385. The van der Waals surface area contributed by atoms with E-state index in [4.69, 9.17) is 0 Å². The lowest BCUT2D eigenvalue weighted by molar-refractivity contribution is 0.0823. The zero-order valence-electron chi connectivity index (χ0n) is 11.3. The molecule has 0 spiro atoms. The predicted molar refractivity (Wildman–Crippen MR) is 73.4 cm³/mol. The predicted octanol–water partition coefficient (Wildman–Crippen LogP) is 3.00. The Morgan fingerprint density at radius 1 is 1.25 bits per heavy atom. The molecule has 0 saturated carbocycles. The van der Waals surface area contributed by atoms with Gasteiger partial charge in [-0.2, -0.15) is 0 Å². The fourth-order valence-electron chi connectivity index (χ4n) is 1.42. The first-order valence-electron chi connectivity index (χ1n) is 6.03. The Morgan fingerprint density at radius 3 is 2.40 bits per heavy atom. The van der Waals surface area contributed by atoms with E-state index in [1.807, 2.05) is 6.92 Å². The van der Waals surface area contributed by atoms with Crippen LogP contribution in [-0.2, 0) is 0 Å². The third-order valence-corrected chi connectivity index (χ3v) is 4.20. The van der Waals surface area contributed by atoms with Crippen LogP contribution in [0.25, 0.3) is 11.4 Å². The number of aliphatic hydroxyl groups is 1. The molecule has 1 heterocycles. The van der Waals surface area contributed by atoms with Crippen molar-refractivity contribution >= 4 is 11.8 Å². The van der Waals surface area contributed by atoms with Crippen LogP contribution in [0.2, 0.25) is 0 Å². The summed E-state index contributed by atoms with van der Waals surface area (Å²) in [6.45, 7) is 5.24. The Kier molecular flexibility index (Phi) is 4.10. The van der Waals surface area contributed by atoms with Crippen LogP contribution in [-0.4, -0.2) is 31.1 Å². The van der Waals surface area contributed by atoms with Crippen molar-refractivity contribution in [2.45, 2.75) is 36.8 Å². The molecule has 0 saturated heterocycles. The summed E-state index contributed by atoms with van der Waals surface area (Å²) in [6, 6.07) is 3.15. The van der Waals surface area contributed by atoms with Crippen molar-refractivity contribution in [3.63, 3.8) is 0 Å². The summed E-state index contributed by atoms with van der Waals surface area (Å²) in [5.74, 6) is -1.06. The molecule has 20 heavy (non-hydrogen) atoms. The van der Waals surface area contributed by atoms with Crippen molar-refractivity contribution in [2.24, 2.45) is 0 Å². The van der Waals surface area contributed by atoms with E-state index in [0.717, 1.165) is 6.07 Å². The topological polar surface area (TPSA) is 61.8 Å². The second-order valence-electron chi connectivity index (χ2n) is 5.04. The molecule has 1 atom stereocenters. The molecule has 0 fully saturated rings. The first-order chi connectivity index (χ1) is 9.25. The standard InChI is InChI=1S/C13H15F2N3OS/c1-7(13(2,3)19)20-12-16-11(17-18-12)8-4-9(14)6-10(15)5-8/h4-7,19H,1-3H3,(H,16,17,18). The molecule has 7 heteroatoms. The van der Waals surface area contributed by atoms with E-state index in [0.29, 0.717) is 5.16 Å². The number of H-pyrrole nitrogens is 1. The number of aromatic nitrogens is 3. The van der Waals surface area contributed by atoms with Gasteiger partial charge in [0.1, 0.15) is 11.6 Å². The summed E-state index contributed by atoms with van der Waals surface area (Å²) in [7, 11) is 0. The Morgan fingerprint density at radius 2 is 1.85 bits per heavy atom. The minimum atomic E-state index is -0.879. The zero-order chi connectivity index (χ0) is 14.9. The smallest absolute Gasteiger partial charge is 0.209 e. The van der Waals surface area contributed by atoms with Gasteiger partial charge in [-0.3, -0.25) is 5.10 Å². The van der Waals surface area contributed by atoms with E-state index in [1.165, 1.54) is 23.9 Å². The van der Waals surface area contributed by atoms with E-state index in [9.17, 15) is 13.9 Å². The van der Waals surface area contributed by atoms with Gasteiger partial charge in [-0.15, -0.1) is 5.10 Å². The van der Waals surface area contributed by atoms with Crippen molar-refractivity contribution < 1.29 is 13.9 Å². The summed E-state index contributed by atoms with van der Waals surface area (Å²) in [4.78, 5) is 4.17. The van der Waals surface area contributed by atoms with Crippen molar-refractivity contribution in [3.05, 3.63) is 29.8 Å². The maximum Gasteiger partial charge on any atom is 0.209 e. The van der Waals surface area contributed by atoms with Crippen LogP contribution in [0.3, 0.4) is 0 Å². The molecule has 0 bridgehead atoms. The van der Waals surface area contributed by atoms with Crippen LogP contribution >= 0.6 is 11.8 Å². The van der Waals surface area contributed by atoms with E-state index in [1.54, 1.807) is 13.8 Å². The second kappa shape index (κ2) is 5.49. The van der Waals surface area contributed by atoms with Crippen LogP contribution in [0.5, 0.6) is 0 Å². The lowest BCUT2D eigenvalue weighted by Gasteiger charge is -2.23. The van der Waals surface area contributed by atoms with Gasteiger partial charge in [0.2, 0.25) is 5.16 Å². The molecule has 108 valence electrons. The number of hydrogen-bond acceptors (Lipinski definition) is 4. The number of halogens is 2. The van der Waals surface area contributed by atoms with Gasteiger partial charge < -0.3 is 5.11 Å². The lowest BCUT2D eigenvalue weighted by Crippen LogP contribution is -2.30. The number of nitrogens with one attached hydrogen (secondary N) is 1. The molecule has 1 aromatic carbocycles. The van der Waals surface area contributed by atoms with Crippen LogP contribution < -0.4 is 0 Å². The number of hydrogen-bond donors (Lipinski definition) is 2. The van der Waals surface area contributed by atoms with Crippen molar-refractivity contribution in [2.75, 3.05) is 0 Å². The second-order valence-corrected chi connectivity index (χ2v) is 6.35. The van der Waals surface area contributed by atoms with Crippen molar-refractivity contribution in [3.8, 4) is 11.4 Å². The summed E-state index contributed by atoms with van der Waals surface area (Å²) >= 11 is 1.28. The van der Waals surface area contributed by atoms with Gasteiger partial charge in [0, 0.05) is 16.9 Å². The average Bonchev–Trinajstić information content (AvgIpc) is 2.75. The van der Waals surface area contributed by atoms with Crippen molar-refractivity contribution in [1.82, 2.24) is 15.2 Å². The number of nitrogens with zero attached hydrogens (tertiary/aromatic N) is 2. The molecule has 4 nitrogen and oxygen atoms in total. The third kappa shape index (κ3) is 3.55. The third-order valence-electron chi connectivity index (χ3n) is 2.88. The molecular formula is C13H15F2N3OS. The fourth-order valence-corrected chi connectivity index (χ4v) is 2.27. The minimum absolute atomic E-state index is 0.129. The maximum atomic E-state index is 13.1. The molecule has 0 radical (unpaired) electrons. The van der Waals surface area contributed by atoms with Gasteiger partial charge in [-0.25, -0.2) is 13.8 Å². The van der Waals surface area contributed by atoms with E-state index in [2.05, 4.69) is 15.2 Å². The number of rotatable bonds is 4. The first kappa shape index (κ1) is 14.9. The highest BCUT2D eigenvalue weighted by Crippen LogP contribution is 2.29. The van der Waals surface area contributed by atoms with Gasteiger partial charge in [0.15, 0.2) is 5.82 Å². The van der Waals surface area contributed by atoms with Crippen LogP contribution in [0.4, 0.5) is 8.78 Å². The van der Waals surface area contributed by atoms with Gasteiger partial charge in [-0.1, -0.05) is 18.7 Å². The van der Waals surface area contributed by atoms with Crippen LogP contribution in [0, 0.1) is 11.6 Å². The quantitative estimate of drug-likeness (QED) is 0.852. The molecule has 2 aromatic rings. The summed E-state index contributed by atoms with van der Waals surface area (Å²) in [6.07, 6.45) is 0. The summed E-state index contributed by atoms with van der Waals surface area (Å²) in [5, 5.41) is 16.8. The Hall–Kier alpha value is -1.47. The Labute approximate surface area is 119 Å². The largest absolute Gasteiger partial charge is 0.389 e. The maximum absolute atomic E-state index is 13.1. The van der Waals surface area contributed by atoms with E-state index >= 15 is 0 Å². The average molecular weight is 299 g/mol. The highest BCUT2D eigenvalue weighted by Gasteiger charge is 2.24. The Balaban J connectivity index is 2.21. The van der Waals surface area contributed by atoms with E-state index < -0.39 is 17.2 Å². The number of benzene rings is 1. The monoisotopic (exact) mass is 299 g/mol. The van der Waals surface area contributed by atoms with Crippen LogP contribution in [0.15, 0.2) is 23.4 Å². The number of aromatic amines is 1. The van der Waals surface area contributed by atoms with Gasteiger partial charge in [-0.05, 0) is 26.0 Å². The normalized spacial score (nSPS) is 13.5. The first-order valence-corrected chi connectivity index (χ1v) is 6.91. The zero-order valence-corrected chi connectivity index (χ0v) is 12.1. The van der Waals surface area contributed by atoms with Gasteiger partial charge in [0.05, 0.1) is 5.60 Å². The lowest BCUT2D eigenvalue weighted by atomic mass is 10.1.